The fraction of sp³-hybridized carbons (Fsp3) is 0.429. The Bertz CT molecular complexity index is 302. The zero-order valence-corrected chi connectivity index (χ0v) is 7.38. The highest BCUT2D eigenvalue weighted by molar-refractivity contribution is 6.31. The van der Waals surface area contributed by atoms with Crippen molar-refractivity contribution >= 4 is 11.6 Å². The monoisotopic (exact) mass is 185 g/mol. The highest BCUT2D eigenvalue weighted by atomic mass is 35.5. The molecule has 0 aliphatic carbocycles. The Hall–Kier alpha value is -1.05. The molecule has 0 saturated heterocycles. The van der Waals surface area contributed by atoms with Gasteiger partial charge in [-0.05, 0) is 0 Å². The first-order valence-corrected chi connectivity index (χ1v) is 3.77. The second-order valence-electron chi connectivity index (χ2n) is 2.19. The van der Waals surface area contributed by atoms with Gasteiger partial charge in [0.15, 0.2) is 5.69 Å². The summed E-state index contributed by atoms with van der Waals surface area (Å²) >= 11 is 5.68. The molecule has 4 nitrogen and oxygen atoms in total. The molecule has 0 N–H and O–H groups in total. The summed E-state index contributed by atoms with van der Waals surface area (Å²) in [7, 11) is 1.61. The van der Waals surface area contributed by atoms with Gasteiger partial charge in [0, 0.05) is 13.3 Å². The van der Waals surface area contributed by atoms with Crippen LogP contribution in [0.25, 0.3) is 0 Å². The van der Waals surface area contributed by atoms with Crippen LogP contribution in [-0.2, 0) is 11.3 Å². The van der Waals surface area contributed by atoms with Crippen LogP contribution in [0.5, 0.6) is 0 Å². The summed E-state index contributed by atoms with van der Waals surface area (Å²) in [5, 5.41) is 12.8. The molecule has 0 aliphatic rings. The van der Waals surface area contributed by atoms with E-state index in [0.29, 0.717) is 18.2 Å². The first-order chi connectivity index (χ1) is 5.77. The summed E-state index contributed by atoms with van der Waals surface area (Å²) in [6, 6.07) is 1.89. The third kappa shape index (κ3) is 1.97. The van der Waals surface area contributed by atoms with Crippen LogP contribution in [0.1, 0.15) is 5.69 Å². The molecular weight excluding hydrogens is 178 g/mol. The van der Waals surface area contributed by atoms with Crippen molar-refractivity contribution in [3.8, 4) is 6.07 Å². The molecule has 1 rings (SSSR count). The van der Waals surface area contributed by atoms with E-state index in [9.17, 15) is 0 Å². The molecule has 0 unspecified atom stereocenters. The van der Waals surface area contributed by atoms with Crippen molar-refractivity contribution < 1.29 is 4.74 Å². The van der Waals surface area contributed by atoms with Crippen molar-refractivity contribution in [2.45, 2.75) is 6.54 Å². The Morgan fingerprint density at radius 1 is 1.83 bits per heavy atom. The summed E-state index contributed by atoms with van der Waals surface area (Å²) < 4.78 is 6.43. The lowest BCUT2D eigenvalue weighted by molar-refractivity contribution is 0.183. The first-order valence-electron chi connectivity index (χ1n) is 3.40. The van der Waals surface area contributed by atoms with Crippen LogP contribution in [0.2, 0.25) is 5.02 Å². The summed E-state index contributed by atoms with van der Waals surface area (Å²) in [4.78, 5) is 0. The molecule has 0 aliphatic heterocycles. The first kappa shape index (κ1) is 9.04. The van der Waals surface area contributed by atoms with E-state index >= 15 is 0 Å². The molecule has 0 atom stereocenters. The Balaban J connectivity index is 2.70. The number of hydrogen-bond donors (Lipinski definition) is 0. The number of nitrogens with zero attached hydrogens (tertiary/aromatic N) is 3. The van der Waals surface area contributed by atoms with E-state index in [-0.39, 0.29) is 5.69 Å². The smallest absolute Gasteiger partial charge is 0.181 e. The highest BCUT2D eigenvalue weighted by Crippen LogP contribution is 2.11. The maximum absolute atomic E-state index is 8.52. The molecule has 64 valence electrons. The lowest BCUT2D eigenvalue weighted by atomic mass is 10.5. The standard InChI is InChI=1S/C7H8ClN3O/c1-12-3-2-11-5-6(8)7(4-9)10-11/h5H,2-3H2,1H3. The Morgan fingerprint density at radius 3 is 3.08 bits per heavy atom. The number of rotatable bonds is 3. The molecule has 0 bridgehead atoms. The van der Waals surface area contributed by atoms with Gasteiger partial charge in [-0.15, -0.1) is 0 Å². The second-order valence-corrected chi connectivity index (χ2v) is 2.60. The van der Waals surface area contributed by atoms with Crippen LogP contribution in [-0.4, -0.2) is 23.5 Å². The number of hydrogen-bond acceptors (Lipinski definition) is 3. The van der Waals surface area contributed by atoms with Crippen LogP contribution < -0.4 is 0 Å². The van der Waals surface area contributed by atoms with Crippen molar-refractivity contribution in [1.29, 1.82) is 5.26 Å². The molecule has 5 heteroatoms. The average Bonchev–Trinajstić information content (AvgIpc) is 2.43. The maximum atomic E-state index is 8.52. The summed E-state index contributed by atoms with van der Waals surface area (Å²) in [5.74, 6) is 0. The van der Waals surface area contributed by atoms with Gasteiger partial charge in [-0.3, -0.25) is 4.68 Å². The average molecular weight is 186 g/mol. The van der Waals surface area contributed by atoms with Crippen LogP contribution in [0.4, 0.5) is 0 Å². The third-order valence-electron chi connectivity index (χ3n) is 1.35. The summed E-state index contributed by atoms with van der Waals surface area (Å²) in [5.41, 5.74) is 0.257. The third-order valence-corrected chi connectivity index (χ3v) is 1.62. The molecule has 1 aromatic heterocycles. The van der Waals surface area contributed by atoms with Gasteiger partial charge in [0.25, 0.3) is 0 Å². The van der Waals surface area contributed by atoms with E-state index in [0.717, 1.165) is 0 Å². The highest BCUT2D eigenvalue weighted by Gasteiger charge is 2.04. The zero-order valence-electron chi connectivity index (χ0n) is 6.62. The summed E-state index contributed by atoms with van der Waals surface area (Å²) in [6.07, 6.45) is 1.61. The van der Waals surface area contributed by atoms with Gasteiger partial charge in [-0.1, -0.05) is 11.6 Å². The largest absolute Gasteiger partial charge is 0.383 e. The fourth-order valence-corrected chi connectivity index (χ4v) is 0.965. The molecule has 0 radical (unpaired) electrons. The lowest BCUT2D eigenvalue weighted by Crippen LogP contribution is -2.04. The number of ether oxygens (including phenoxy) is 1. The van der Waals surface area contributed by atoms with Crippen molar-refractivity contribution in [2.75, 3.05) is 13.7 Å². The number of aromatic nitrogens is 2. The van der Waals surface area contributed by atoms with Crippen molar-refractivity contribution in [3.63, 3.8) is 0 Å². The van der Waals surface area contributed by atoms with Crippen molar-refractivity contribution in [1.82, 2.24) is 9.78 Å². The molecule has 1 heterocycles. The molecular formula is C7H8ClN3O. The molecule has 1 aromatic rings. The van der Waals surface area contributed by atoms with Crippen LogP contribution in [0, 0.1) is 11.3 Å². The molecule has 12 heavy (non-hydrogen) atoms. The molecule has 0 saturated carbocycles. The van der Waals surface area contributed by atoms with E-state index in [1.54, 1.807) is 18.0 Å². The van der Waals surface area contributed by atoms with Crippen LogP contribution in [0.3, 0.4) is 0 Å². The van der Waals surface area contributed by atoms with Crippen LogP contribution >= 0.6 is 11.6 Å². The van der Waals surface area contributed by atoms with E-state index in [2.05, 4.69) is 5.10 Å². The minimum Gasteiger partial charge on any atom is -0.383 e. The Morgan fingerprint density at radius 2 is 2.58 bits per heavy atom. The van der Waals surface area contributed by atoms with E-state index < -0.39 is 0 Å². The van der Waals surface area contributed by atoms with Gasteiger partial charge in [0.1, 0.15) is 6.07 Å². The van der Waals surface area contributed by atoms with Crippen LogP contribution in [0.15, 0.2) is 6.20 Å². The quantitative estimate of drug-likeness (QED) is 0.708. The lowest BCUT2D eigenvalue weighted by Gasteiger charge is -1.97. The van der Waals surface area contributed by atoms with Gasteiger partial charge in [-0.25, -0.2) is 0 Å². The Kier molecular flexibility index (Phi) is 3.09. The topological polar surface area (TPSA) is 50.8 Å². The maximum Gasteiger partial charge on any atom is 0.181 e. The molecule has 0 fully saturated rings. The van der Waals surface area contributed by atoms with Gasteiger partial charge in [-0.2, -0.15) is 10.4 Å². The van der Waals surface area contributed by atoms with Gasteiger partial charge < -0.3 is 4.74 Å². The van der Waals surface area contributed by atoms with Gasteiger partial charge in [0.05, 0.1) is 18.2 Å². The summed E-state index contributed by atoms with van der Waals surface area (Å²) in [6.45, 7) is 1.17. The van der Waals surface area contributed by atoms with Gasteiger partial charge >= 0.3 is 0 Å². The number of nitriles is 1. The zero-order chi connectivity index (χ0) is 8.97. The van der Waals surface area contributed by atoms with Crippen molar-refractivity contribution in [3.05, 3.63) is 16.9 Å². The van der Waals surface area contributed by atoms with E-state index in [4.69, 9.17) is 21.6 Å². The SMILES string of the molecule is COCCn1cc(Cl)c(C#N)n1. The van der Waals surface area contributed by atoms with E-state index in [1.165, 1.54) is 0 Å². The predicted octanol–water partition coefficient (Wildman–Crippen LogP) is 1.05. The fourth-order valence-electron chi connectivity index (χ4n) is 0.772. The Labute approximate surface area is 75.3 Å². The predicted molar refractivity (Wildman–Crippen MR) is 43.8 cm³/mol. The molecule has 0 aromatic carbocycles. The minimum absolute atomic E-state index is 0.257. The number of halogens is 1. The van der Waals surface area contributed by atoms with E-state index in [1.807, 2.05) is 6.07 Å². The second kappa shape index (κ2) is 4.10. The minimum atomic E-state index is 0.257. The van der Waals surface area contributed by atoms with Gasteiger partial charge in [0.2, 0.25) is 0 Å². The molecule has 0 spiro atoms. The normalized spacial score (nSPS) is 9.75. The number of methoxy groups -OCH3 is 1. The molecule has 0 amide bonds. The van der Waals surface area contributed by atoms with Crippen molar-refractivity contribution in [2.24, 2.45) is 0 Å².